The maximum Gasteiger partial charge on any atom is 0.261 e. The van der Waals surface area contributed by atoms with E-state index in [2.05, 4.69) is 44.0 Å². The number of likely N-dealkylation sites (tertiary alicyclic amines) is 1. The van der Waals surface area contributed by atoms with Gasteiger partial charge in [0.15, 0.2) is 0 Å². The summed E-state index contributed by atoms with van der Waals surface area (Å²) in [6.45, 7) is 12.5. The predicted molar refractivity (Wildman–Crippen MR) is 124 cm³/mol. The van der Waals surface area contributed by atoms with Crippen LogP contribution in [0.5, 0.6) is 0 Å². The van der Waals surface area contributed by atoms with Crippen molar-refractivity contribution in [2.75, 3.05) is 64.3 Å². The summed E-state index contributed by atoms with van der Waals surface area (Å²) in [5.74, 6) is 1.79. The molecule has 0 radical (unpaired) electrons. The van der Waals surface area contributed by atoms with E-state index in [9.17, 15) is 4.79 Å². The van der Waals surface area contributed by atoms with Gasteiger partial charge in [0.1, 0.15) is 17.0 Å². The van der Waals surface area contributed by atoms with Crippen LogP contribution in [-0.2, 0) is 0 Å². The number of carbonyl (C=O) groups excluding carboxylic acids is 1. The van der Waals surface area contributed by atoms with Gasteiger partial charge in [-0.15, -0.1) is 11.3 Å². The molecule has 30 heavy (non-hydrogen) atoms. The topological polar surface area (TPSA) is 64.6 Å². The molecule has 164 valence electrons. The summed E-state index contributed by atoms with van der Waals surface area (Å²) in [7, 11) is 2.15. The van der Waals surface area contributed by atoms with Crippen LogP contribution >= 0.6 is 11.3 Å². The van der Waals surface area contributed by atoms with Crippen LogP contribution in [0.2, 0.25) is 0 Å². The Hall–Kier alpha value is -1.77. The summed E-state index contributed by atoms with van der Waals surface area (Å²) in [6.07, 6.45) is 5.27. The molecule has 2 aliphatic heterocycles. The summed E-state index contributed by atoms with van der Waals surface area (Å²) >= 11 is 1.49. The Balaban J connectivity index is 1.39. The van der Waals surface area contributed by atoms with E-state index in [1.165, 1.54) is 37.3 Å². The van der Waals surface area contributed by atoms with Crippen molar-refractivity contribution < 1.29 is 4.79 Å². The Bertz CT molecular complexity index is 876. The number of hydrogen-bond acceptors (Lipinski definition) is 7. The highest BCUT2D eigenvalue weighted by molar-refractivity contribution is 7.20. The van der Waals surface area contributed by atoms with E-state index in [1.54, 1.807) is 6.33 Å². The number of carbonyl (C=O) groups is 1. The number of rotatable bonds is 6. The number of piperidine rings is 1. The maximum atomic E-state index is 12.9. The maximum absolute atomic E-state index is 12.9. The fraction of sp³-hybridized carbons (Fsp3) is 0.682. The Morgan fingerprint density at radius 1 is 1.23 bits per heavy atom. The Morgan fingerprint density at radius 3 is 2.80 bits per heavy atom. The Morgan fingerprint density at radius 2 is 2.03 bits per heavy atom. The van der Waals surface area contributed by atoms with E-state index in [1.807, 2.05) is 6.92 Å². The summed E-state index contributed by atoms with van der Waals surface area (Å²) in [5.41, 5.74) is 1.01. The number of thiophene rings is 1. The quantitative estimate of drug-likeness (QED) is 0.711. The first-order valence-electron chi connectivity index (χ1n) is 11.2. The minimum absolute atomic E-state index is 0.0202. The first-order valence-corrected chi connectivity index (χ1v) is 12.0. The highest BCUT2D eigenvalue weighted by Crippen LogP contribution is 2.35. The Labute approximate surface area is 183 Å². The molecule has 4 rings (SSSR count). The zero-order valence-corrected chi connectivity index (χ0v) is 19.3. The first kappa shape index (κ1) is 21.5. The van der Waals surface area contributed by atoms with Crippen molar-refractivity contribution in [2.45, 2.75) is 33.1 Å². The molecule has 4 heterocycles. The van der Waals surface area contributed by atoms with Gasteiger partial charge in [0.05, 0.1) is 10.3 Å². The lowest BCUT2D eigenvalue weighted by Gasteiger charge is -2.33. The SMILES string of the molecule is Cc1c(C(=O)NCCCN2CCC[C@@H](C)C2)sc2ncnc(N3CCN(C)CC3)c12. The van der Waals surface area contributed by atoms with Gasteiger partial charge in [-0.25, -0.2) is 9.97 Å². The molecule has 1 atom stereocenters. The molecule has 2 aromatic heterocycles. The van der Waals surface area contributed by atoms with Crippen molar-refractivity contribution in [3.63, 3.8) is 0 Å². The standard InChI is InChI=1S/C22H34N6OS/c1-16-6-4-8-27(14-16)9-5-7-23-21(29)19-17(2)18-20(24-15-25-22(18)30-19)28-12-10-26(3)11-13-28/h15-16H,4-14H2,1-3H3,(H,23,29)/t16-/m1/s1. The zero-order chi connectivity index (χ0) is 21.1. The molecule has 1 N–H and O–H groups in total. The number of amides is 1. The summed E-state index contributed by atoms with van der Waals surface area (Å²) in [5, 5.41) is 4.17. The molecular formula is C22H34N6OS. The molecular weight excluding hydrogens is 396 g/mol. The van der Waals surface area contributed by atoms with Gasteiger partial charge in [0.25, 0.3) is 5.91 Å². The normalized spacial score (nSPS) is 21.3. The first-order chi connectivity index (χ1) is 14.5. The van der Waals surface area contributed by atoms with Gasteiger partial charge < -0.3 is 20.0 Å². The van der Waals surface area contributed by atoms with E-state index in [4.69, 9.17) is 0 Å². The molecule has 0 bridgehead atoms. The van der Waals surface area contributed by atoms with E-state index >= 15 is 0 Å². The molecule has 2 fully saturated rings. The average Bonchev–Trinajstić information content (AvgIpc) is 3.09. The predicted octanol–water partition coefficient (Wildman–Crippen LogP) is 2.60. The van der Waals surface area contributed by atoms with Crippen molar-refractivity contribution in [1.82, 2.24) is 25.1 Å². The second-order valence-electron chi connectivity index (χ2n) is 8.88. The second-order valence-corrected chi connectivity index (χ2v) is 9.88. The number of aromatic nitrogens is 2. The summed E-state index contributed by atoms with van der Waals surface area (Å²) in [6, 6.07) is 0. The zero-order valence-electron chi connectivity index (χ0n) is 18.5. The lowest BCUT2D eigenvalue weighted by atomic mass is 10.0. The Kier molecular flexibility index (Phi) is 6.85. The van der Waals surface area contributed by atoms with Crippen LogP contribution in [0.1, 0.15) is 41.4 Å². The number of likely N-dealkylation sites (N-methyl/N-ethyl adjacent to an activating group) is 1. The van der Waals surface area contributed by atoms with Gasteiger partial charge in [-0.05, 0) is 57.8 Å². The van der Waals surface area contributed by atoms with Gasteiger partial charge in [-0.2, -0.15) is 0 Å². The van der Waals surface area contributed by atoms with Crippen molar-refractivity contribution >= 4 is 33.3 Å². The number of anilines is 1. The number of fused-ring (bicyclic) bond motifs is 1. The van der Waals surface area contributed by atoms with Crippen LogP contribution in [-0.4, -0.2) is 85.1 Å². The van der Waals surface area contributed by atoms with Crippen LogP contribution in [0.25, 0.3) is 10.2 Å². The van der Waals surface area contributed by atoms with E-state index < -0.39 is 0 Å². The van der Waals surface area contributed by atoms with Crippen LogP contribution in [0.15, 0.2) is 6.33 Å². The molecule has 7 nitrogen and oxygen atoms in total. The van der Waals surface area contributed by atoms with Gasteiger partial charge in [0.2, 0.25) is 0 Å². The number of nitrogens with one attached hydrogen (secondary N) is 1. The molecule has 2 aliphatic rings. The molecule has 1 amide bonds. The third kappa shape index (κ3) is 4.76. The summed E-state index contributed by atoms with van der Waals surface area (Å²) in [4.78, 5) is 30.8. The third-order valence-electron chi connectivity index (χ3n) is 6.39. The third-order valence-corrected chi connectivity index (χ3v) is 7.59. The van der Waals surface area contributed by atoms with E-state index in [0.717, 1.165) is 71.5 Å². The van der Waals surface area contributed by atoms with Crippen LogP contribution in [0.4, 0.5) is 5.82 Å². The molecule has 0 aromatic carbocycles. The molecule has 2 aromatic rings. The number of aryl methyl sites for hydroxylation is 1. The van der Waals surface area contributed by atoms with Crippen molar-refractivity contribution in [3.05, 3.63) is 16.8 Å². The number of nitrogens with zero attached hydrogens (tertiary/aromatic N) is 5. The lowest BCUT2D eigenvalue weighted by Crippen LogP contribution is -2.44. The highest BCUT2D eigenvalue weighted by Gasteiger charge is 2.23. The van der Waals surface area contributed by atoms with Gasteiger partial charge >= 0.3 is 0 Å². The molecule has 0 unspecified atom stereocenters. The van der Waals surface area contributed by atoms with Crippen molar-refractivity contribution in [1.29, 1.82) is 0 Å². The van der Waals surface area contributed by atoms with Gasteiger partial charge in [-0.3, -0.25) is 4.79 Å². The largest absolute Gasteiger partial charge is 0.353 e. The van der Waals surface area contributed by atoms with Gasteiger partial charge in [0, 0.05) is 39.3 Å². The number of piperazine rings is 1. The number of hydrogen-bond donors (Lipinski definition) is 1. The average molecular weight is 431 g/mol. The lowest BCUT2D eigenvalue weighted by molar-refractivity contribution is 0.0953. The van der Waals surface area contributed by atoms with Crippen LogP contribution in [0, 0.1) is 12.8 Å². The second kappa shape index (κ2) is 9.58. The fourth-order valence-corrected chi connectivity index (χ4v) is 5.66. The molecule has 0 saturated carbocycles. The van der Waals surface area contributed by atoms with E-state index in [-0.39, 0.29) is 5.91 Å². The molecule has 8 heteroatoms. The monoisotopic (exact) mass is 430 g/mol. The molecule has 2 saturated heterocycles. The van der Waals surface area contributed by atoms with Crippen molar-refractivity contribution in [3.8, 4) is 0 Å². The minimum atomic E-state index is 0.0202. The van der Waals surface area contributed by atoms with Crippen molar-refractivity contribution in [2.24, 2.45) is 5.92 Å². The van der Waals surface area contributed by atoms with Crippen LogP contribution in [0.3, 0.4) is 0 Å². The molecule has 0 aliphatic carbocycles. The fourth-order valence-electron chi connectivity index (χ4n) is 4.60. The minimum Gasteiger partial charge on any atom is -0.353 e. The van der Waals surface area contributed by atoms with Crippen LogP contribution < -0.4 is 10.2 Å². The summed E-state index contributed by atoms with van der Waals surface area (Å²) < 4.78 is 0. The van der Waals surface area contributed by atoms with Gasteiger partial charge in [-0.1, -0.05) is 6.92 Å². The smallest absolute Gasteiger partial charge is 0.261 e. The molecule has 0 spiro atoms. The van der Waals surface area contributed by atoms with E-state index in [0.29, 0.717) is 6.54 Å². The highest BCUT2D eigenvalue weighted by atomic mass is 32.1.